The number of carbonyl (C=O) groups excluding carboxylic acids is 2. The summed E-state index contributed by atoms with van der Waals surface area (Å²) in [5, 5.41) is 26.5. The Kier molecular flexibility index (Phi) is 13.8. The van der Waals surface area contributed by atoms with Crippen LogP contribution in [-0.2, 0) is 51.4 Å². The number of rotatable bonds is 9. The fourth-order valence-corrected chi connectivity index (χ4v) is 17.7. The van der Waals surface area contributed by atoms with Gasteiger partial charge in [-0.1, -0.05) is 86.6 Å². The van der Waals surface area contributed by atoms with Crippen molar-refractivity contribution < 1.29 is 24.2 Å². The molecular formula is C68H80N4O5. The van der Waals surface area contributed by atoms with Crippen LogP contribution in [0.25, 0.3) is 16.7 Å². The molecule has 0 radical (unpaired) electrons. The number of piperidine rings is 1. The van der Waals surface area contributed by atoms with Crippen molar-refractivity contribution in [3.8, 4) is 16.9 Å². The third-order valence-electron chi connectivity index (χ3n) is 21.0. The van der Waals surface area contributed by atoms with Crippen molar-refractivity contribution in [3.05, 3.63) is 165 Å². The highest BCUT2D eigenvalue weighted by Crippen LogP contribution is 2.72. The molecule has 4 aromatic carbocycles. The third-order valence-corrected chi connectivity index (χ3v) is 21.0. The molecule has 5 N–H and O–H groups in total. The molecule has 402 valence electrons. The molecule has 3 saturated carbocycles. The summed E-state index contributed by atoms with van der Waals surface area (Å²) < 4.78 is 13.5. The first kappa shape index (κ1) is 50.9. The van der Waals surface area contributed by atoms with E-state index in [1.807, 2.05) is 12.1 Å². The number of benzene rings is 4. The van der Waals surface area contributed by atoms with E-state index in [2.05, 4.69) is 127 Å². The zero-order valence-electron chi connectivity index (χ0n) is 45.7. The van der Waals surface area contributed by atoms with Crippen molar-refractivity contribution in [2.75, 3.05) is 26.7 Å². The van der Waals surface area contributed by atoms with Gasteiger partial charge in [0.15, 0.2) is 0 Å². The smallest absolute Gasteiger partial charge is 0.340 e. The second-order valence-electron chi connectivity index (χ2n) is 24.9. The summed E-state index contributed by atoms with van der Waals surface area (Å²) in [7, 11) is 2.10. The van der Waals surface area contributed by atoms with Gasteiger partial charge in [0.05, 0.1) is 17.2 Å². The molecule has 6 aliphatic carbocycles. The van der Waals surface area contributed by atoms with Gasteiger partial charge in [0, 0.05) is 30.2 Å². The van der Waals surface area contributed by atoms with E-state index in [1.165, 1.54) is 53.5 Å². The fourth-order valence-electron chi connectivity index (χ4n) is 17.7. The maximum Gasteiger partial charge on any atom is 0.340 e. The average molecular weight is 1030 g/mol. The molecule has 15 rings (SSSR count). The number of esters is 2. The summed E-state index contributed by atoms with van der Waals surface area (Å²) in [6.45, 7) is 8.97. The summed E-state index contributed by atoms with van der Waals surface area (Å²) in [6.07, 6.45) is 19.9. The molecule has 9 heteroatoms. The van der Waals surface area contributed by atoms with E-state index in [0.717, 1.165) is 136 Å². The van der Waals surface area contributed by atoms with Gasteiger partial charge in [0.2, 0.25) is 0 Å². The first-order chi connectivity index (χ1) is 37.7. The highest BCUT2D eigenvalue weighted by Gasteiger charge is 2.69. The second kappa shape index (κ2) is 20.9. The van der Waals surface area contributed by atoms with E-state index in [1.54, 1.807) is 6.07 Å². The minimum Gasteiger partial charge on any atom is -0.508 e. The van der Waals surface area contributed by atoms with Gasteiger partial charge >= 0.3 is 11.9 Å². The Balaban J connectivity index is 0.972. The lowest BCUT2D eigenvalue weighted by atomic mass is 9.44. The molecule has 2 saturated heterocycles. The van der Waals surface area contributed by atoms with Crippen molar-refractivity contribution in [3.63, 3.8) is 0 Å². The summed E-state index contributed by atoms with van der Waals surface area (Å²) in [6, 6.07) is 32.6. The molecule has 0 aromatic heterocycles. The van der Waals surface area contributed by atoms with Crippen molar-refractivity contribution in [1.29, 1.82) is 0 Å². The molecule has 0 amide bonds. The van der Waals surface area contributed by atoms with E-state index in [9.17, 15) is 5.11 Å². The topological polar surface area (TPSA) is 121 Å². The van der Waals surface area contributed by atoms with E-state index < -0.39 is 5.41 Å². The van der Waals surface area contributed by atoms with Gasteiger partial charge in [-0.05, 0) is 250 Å². The Morgan fingerprint density at radius 2 is 1.69 bits per heavy atom. The normalized spacial score (nSPS) is 32.2. The van der Waals surface area contributed by atoms with Gasteiger partial charge in [-0.2, -0.15) is 0 Å². The Labute approximate surface area is 456 Å². The predicted molar refractivity (Wildman–Crippen MR) is 304 cm³/mol. The Bertz CT molecular complexity index is 3080. The van der Waals surface area contributed by atoms with Crippen LogP contribution in [0.5, 0.6) is 5.75 Å². The van der Waals surface area contributed by atoms with Crippen molar-refractivity contribution in [2.24, 2.45) is 58.2 Å². The number of carbonyl (C=O) groups is 2. The van der Waals surface area contributed by atoms with Gasteiger partial charge in [-0.25, -0.2) is 9.59 Å². The van der Waals surface area contributed by atoms with Gasteiger partial charge in [0.1, 0.15) is 17.3 Å². The van der Waals surface area contributed by atoms with Crippen LogP contribution in [0.4, 0.5) is 0 Å². The number of allylic oxidation sites excluding steroid dienone is 5. The quantitative estimate of drug-likeness (QED) is 0.0824. The first-order valence-corrected chi connectivity index (χ1v) is 29.9. The molecule has 77 heavy (non-hydrogen) atoms. The number of hydrogen-bond acceptors (Lipinski definition) is 9. The van der Waals surface area contributed by atoms with Crippen LogP contribution in [0.1, 0.15) is 124 Å². The molecule has 4 aromatic rings. The van der Waals surface area contributed by atoms with E-state index in [-0.39, 0.29) is 52.9 Å². The second-order valence-corrected chi connectivity index (χ2v) is 24.9. The number of fused-ring (bicyclic) bond motifs is 6. The summed E-state index contributed by atoms with van der Waals surface area (Å²) in [5.41, 5.74) is 12.4. The zero-order valence-corrected chi connectivity index (χ0v) is 45.7. The SMILES string of the molecule is CCCNCc1cc2cc(c1)CC1CCC3(CC=C4OC(=O)C5=C4CCC4C6CCC7(C(=CC(CC)Cc8ccccc8)OC(=O)C7=C6c6cc(O)ccc6-c6cccc(c6)CNCC2)C54)C1CCC1CNC(NC)CC13. The highest BCUT2D eigenvalue weighted by atomic mass is 16.5. The molecular weight excluding hydrogens is 953 g/mol. The molecule has 14 bridgehead atoms. The number of ether oxygens (including phenoxy) is 2. The number of hydrogen-bond donors (Lipinski definition) is 5. The summed E-state index contributed by atoms with van der Waals surface area (Å²) in [5.74, 6) is 3.38. The Morgan fingerprint density at radius 3 is 2.55 bits per heavy atom. The molecule has 1 spiro atoms. The standard InChI is InChI=1S/C68H80N4O5/c1-4-27-70-39-46-31-43-23-28-71-38-44-12-9-13-47(33-44)51-16-15-50(73)36-55(51)61-52-21-26-68(59(77-66(75)64(61)68)35-41(5-2)29-42-10-7-6-8-11-42)63-53(52)17-18-54-58(76-65(74)62(54)63)22-25-67-24-20-48(34-45(30-43)32-46)56(67)19-14-49-40-72-60(69-3)37-57(49)67/h6-13,15-16,22,30-33,35-36,41,48-49,52-53,56-57,60,63,69-73H,4-5,14,17-21,23-29,34,37-40H2,1-3H3. The molecule has 11 aliphatic rings. The van der Waals surface area contributed by atoms with Crippen molar-refractivity contribution in [1.82, 2.24) is 21.3 Å². The Hall–Kier alpha value is -5.58. The lowest BCUT2D eigenvalue weighted by Crippen LogP contribution is -2.57. The van der Waals surface area contributed by atoms with Crippen LogP contribution in [-0.4, -0.2) is 49.9 Å². The van der Waals surface area contributed by atoms with Gasteiger partial charge in [-0.3, -0.25) is 0 Å². The third kappa shape index (κ3) is 8.90. The number of aromatic hydroxyl groups is 1. The zero-order chi connectivity index (χ0) is 52.4. The molecule has 11 atom stereocenters. The van der Waals surface area contributed by atoms with E-state index in [0.29, 0.717) is 41.4 Å². The number of phenolic OH excluding ortho intramolecular Hbond substituents is 1. The summed E-state index contributed by atoms with van der Waals surface area (Å²) in [4.78, 5) is 30.5. The molecule has 5 heterocycles. The monoisotopic (exact) mass is 1030 g/mol. The Morgan fingerprint density at radius 1 is 0.805 bits per heavy atom. The van der Waals surface area contributed by atoms with Crippen LogP contribution in [0.2, 0.25) is 0 Å². The maximum absolute atomic E-state index is 15.3. The highest BCUT2D eigenvalue weighted by molar-refractivity contribution is 6.07. The van der Waals surface area contributed by atoms with Gasteiger partial charge in [-0.15, -0.1) is 0 Å². The number of cyclic esters (lactones) is 1. The number of nitrogens with one attached hydrogen (secondary N) is 4. The van der Waals surface area contributed by atoms with Crippen molar-refractivity contribution >= 4 is 17.5 Å². The number of phenols is 1. The average Bonchev–Trinajstić information content (AvgIpc) is 4.21. The van der Waals surface area contributed by atoms with Crippen LogP contribution >= 0.6 is 0 Å². The summed E-state index contributed by atoms with van der Waals surface area (Å²) >= 11 is 0. The molecule has 5 fully saturated rings. The lowest BCUT2D eigenvalue weighted by molar-refractivity contribution is -0.135. The minimum absolute atomic E-state index is 0.0140. The molecule has 5 aliphatic heterocycles. The van der Waals surface area contributed by atoms with E-state index >= 15 is 9.59 Å². The van der Waals surface area contributed by atoms with Crippen LogP contribution in [0.15, 0.2) is 131 Å². The van der Waals surface area contributed by atoms with E-state index in [4.69, 9.17) is 9.47 Å². The van der Waals surface area contributed by atoms with Crippen molar-refractivity contribution in [2.45, 2.75) is 129 Å². The predicted octanol–water partition coefficient (Wildman–Crippen LogP) is 12.1. The largest absolute Gasteiger partial charge is 0.508 e. The molecule has 9 nitrogen and oxygen atoms in total. The van der Waals surface area contributed by atoms with Gasteiger partial charge < -0.3 is 35.8 Å². The fraction of sp³-hybridized carbons (Fsp3) is 0.500. The van der Waals surface area contributed by atoms with Crippen LogP contribution in [0.3, 0.4) is 0 Å². The first-order valence-electron chi connectivity index (χ1n) is 29.9. The lowest BCUT2D eigenvalue weighted by Gasteiger charge is -2.56. The van der Waals surface area contributed by atoms with Crippen LogP contribution in [0, 0.1) is 58.2 Å². The van der Waals surface area contributed by atoms with Crippen LogP contribution < -0.4 is 21.3 Å². The maximum atomic E-state index is 15.3. The minimum atomic E-state index is -0.856. The molecule has 11 unspecified atom stereocenters. The van der Waals surface area contributed by atoms with Gasteiger partial charge in [0.25, 0.3) is 0 Å².